The second-order valence-electron chi connectivity index (χ2n) is 6.82. The Kier molecular flexibility index (Phi) is 4.29. The lowest BCUT2D eigenvalue weighted by molar-refractivity contribution is 0.163. The fraction of sp³-hybridized carbons (Fsp3) is 0.647. The summed E-state index contributed by atoms with van der Waals surface area (Å²) >= 11 is 0. The first-order valence-corrected chi connectivity index (χ1v) is 8.86. The van der Waals surface area contributed by atoms with E-state index in [-0.39, 0.29) is 6.04 Å². The van der Waals surface area contributed by atoms with Gasteiger partial charge in [0.2, 0.25) is 17.7 Å². The maximum Gasteiger partial charge on any atom is 0.243 e. The van der Waals surface area contributed by atoms with Gasteiger partial charge in [-0.2, -0.15) is 9.97 Å². The summed E-state index contributed by atoms with van der Waals surface area (Å²) in [5, 5.41) is 4.13. The average Bonchev–Trinajstić information content (AvgIpc) is 3.37. The number of aromatic nitrogens is 4. The number of aryl methyl sites for hydroxylation is 1. The molecule has 0 bridgehead atoms. The molecule has 4 rings (SSSR count). The van der Waals surface area contributed by atoms with Gasteiger partial charge in [0.25, 0.3) is 0 Å². The molecule has 1 saturated heterocycles. The highest BCUT2D eigenvalue weighted by atomic mass is 16.5. The number of nitrogens with zero attached hydrogens (tertiary/aromatic N) is 6. The van der Waals surface area contributed by atoms with E-state index in [9.17, 15) is 0 Å². The minimum atomic E-state index is 0.134. The summed E-state index contributed by atoms with van der Waals surface area (Å²) in [5.74, 6) is 3.47. The summed E-state index contributed by atoms with van der Waals surface area (Å²) in [5.41, 5.74) is 0.913. The summed E-state index contributed by atoms with van der Waals surface area (Å²) in [4.78, 5) is 18.2. The average molecular weight is 344 g/mol. The minimum absolute atomic E-state index is 0.134. The van der Waals surface area contributed by atoms with E-state index in [1.54, 1.807) is 7.11 Å². The molecular weight excluding hydrogens is 320 g/mol. The maximum absolute atomic E-state index is 5.48. The molecule has 2 aliphatic rings. The van der Waals surface area contributed by atoms with Crippen molar-refractivity contribution in [2.24, 2.45) is 0 Å². The lowest BCUT2D eigenvalue weighted by Gasteiger charge is -2.36. The highest BCUT2D eigenvalue weighted by Gasteiger charge is 2.31. The van der Waals surface area contributed by atoms with Crippen molar-refractivity contribution in [3.8, 4) is 5.88 Å². The Morgan fingerprint density at radius 1 is 1.16 bits per heavy atom. The summed E-state index contributed by atoms with van der Waals surface area (Å²) in [7, 11) is 1.63. The summed E-state index contributed by atoms with van der Waals surface area (Å²) in [6.07, 6.45) is 2.37. The number of methoxy groups -OCH3 is 1. The largest absolute Gasteiger partial charge is 0.481 e. The molecule has 0 aromatic carbocycles. The Balaban J connectivity index is 1.39. The number of hydrogen-bond donors (Lipinski definition) is 0. The van der Waals surface area contributed by atoms with Crippen molar-refractivity contribution in [1.29, 1.82) is 0 Å². The van der Waals surface area contributed by atoms with Gasteiger partial charge in [-0.3, -0.25) is 4.90 Å². The Morgan fingerprint density at radius 2 is 1.92 bits per heavy atom. The molecule has 1 atom stereocenters. The standard InChI is InChI=1S/C17H24N6O2/c1-11-10-14(24-3)19-17(18-11)23-8-6-22(7-9-23)12(2)16-20-15(21-25-16)13-4-5-13/h10,12-13H,4-9H2,1-3H3/t12-/m0/s1. The number of piperazine rings is 1. The van der Waals surface area contributed by atoms with Crippen LogP contribution in [0.3, 0.4) is 0 Å². The van der Waals surface area contributed by atoms with Crippen LogP contribution in [-0.4, -0.2) is 58.3 Å². The monoisotopic (exact) mass is 344 g/mol. The molecule has 1 saturated carbocycles. The van der Waals surface area contributed by atoms with E-state index in [0.717, 1.165) is 49.5 Å². The van der Waals surface area contributed by atoms with Crippen molar-refractivity contribution in [3.63, 3.8) is 0 Å². The molecular formula is C17H24N6O2. The molecule has 1 aliphatic carbocycles. The van der Waals surface area contributed by atoms with Crippen LogP contribution >= 0.6 is 0 Å². The molecule has 8 heteroatoms. The van der Waals surface area contributed by atoms with Gasteiger partial charge in [-0.25, -0.2) is 4.98 Å². The van der Waals surface area contributed by atoms with Crippen LogP contribution in [-0.2, 0) is 0 Å². The Labute approximate surface area is 147 Å². The Hall–Kier alpha value is -2.22. The van der Waals surface area contributed by atoms with Crippen LogP contribution in [0.15, 0.2) is 10.6 Å². The first kappa shape index (κ1) is 16.3. The van der Waals surface area contributed by atoms with Gasteiger partial charge in [0.05, 0.1) is 13.2 Å². The van der Waals surface area contributed by atoms with Crippen molar-refractivity contribution in [3.05, 3.63) is 23.5 Å². The van der Waals surface area contributed by atoms with Gasteiger partial charge in [-0.15, -0.1) is 0 Å². The predicted octanol–water partition coefficient (Wildman–Crippen LogP) is 1.94. The molecule has 134 valence electrons. The molecule has 25 heavy (non-hydrogen) atoms. The van der Waals surface area contributed by atoms with Crippen LogP contribution < -0.4 is 9.64 Å². The van der Waals surface area contributed by atoms with Crippen molar-refractivity contribution in [2.75, 3.05) is 38.2 Å². The molecule has 1 aliphatic heterocycles. The van der Waals surface area contributed by atoms with E-state index in [2.05, 4.69) is 36.8 Å². The lowest BCUT2D eigenvalue weighted by Crippen LogP contribution is -2.47. The Bertz CT molecular complexity index is 736. The SMILES string of the molecule is COc1cc(C)nc(N2CCN([C@@H](C)c3nc(C4CC4)no3)CC2)n1. The Morgan fingerprint density at radius 3 is 2.60 bits per heavy atom. The highest BCUT2D eigenvalue weighted by Crippen LogP contribution is 2.38. The molecule has 0 N–H and O–H groups in total. The summed E-state index contributed by atoms with van der Waals surface area (Å²) in [6, 6.07) is 1.98. The fourth-order valence-electron chi connectivity index (χ4n) is 3.16. The third kappa shape index (κ3) is 3.44. The number of rotatable bonds is 5. The van der Waals surface area contributed by atoms with Gasteiger partial charge in [-0.1, -0.05) is 5.16 Å². The number of ether oxygens (including phenoxy) is 1. The first-order chi connectivity index (χ1) is 12.1. The molecule has 2 fully saturated rings. The van der Waals surface area contributed by atoms with Gasteiger partial charge in [-0.05, 0) is 26.7 Å². The highest BCUT2D eigenvalue weighted by molar-refractivity contribution is 5.35. The second-order valence-corrected chi connectivity index (χ2v) is 6.82. The number of anilines is 1. The van der Waals surface area contributed by atoms with Gasteiger partial charge in [0, 0.05) is 43.9 Å². The van der Waals surface area contributed by atoms with Crippen LogP contribution in [0.2, 0.25) is 0 Å². The van der Waals surface area contributed by atoms with E-state index >= 15 is 0 Å². The van der Waals surface area contributed by atoms with Gasteiger partial charge >= 0.3 is 0 Å². The first-order valence-electron chi connectivity index (χ1n) is 8.86. The van der Waals surface area contributed by atoms with Crippen LogP contribution in [0.25, 0.3) is 0 Å². The topological polar surface area (TPSA) is 80.4 Å². The molecule has 0 amide bonds. The summed E-state index contributed by atoms with van der Waals surface area (Å²) in [6.45, 7) is 7.62. The van der Waals surface area contributed by atoms with Crippen molar-refractivity contribution >= 4 is 5.95 Å². The van der Waals surface area contributed by atoms with Gasteiger partial charge in [0.15, 0.2) is 5.82 Å². The zero-order valence-electron chi connectivity index (χ0n) is 15.0. The van der Waals surface area contributed by atoms with Crippen LogP contribution in [0.4, 0.5) is 5.95 Å². The molecule has 0 radical (unpaired) electrons. The third-order valence-electron chi connectivity index (χ3n) is 4.93. The van der Waals surface area contributed by atoms with Crippen molar-refractivity contribution < 1.29 is 9.26 Å². The molecule has 0 spiro atoms. The van der Waals surface area contributed by atoms with Crippen molar-refractivity contribution in [1.82, 2.24) is 25.0 Å². The van der Waals surface area contributed by atoms with E-state index in [1.165, 1.54) is 12.8 Å². The summed E-state index contributed by atoms with van der Waals surface area (Å²) < 4.78 is 10.7. The zero-order chi connectivity index (χ0) is 17.4. The molecule has 0 unspecified atom stereocenters. The predicted molar refractivity (Wildman–Crippen MR) is 91.8 cm³/mol. The number of hydrogen-bond acceptors (Lipinski definition) is 8. The van der Waals surface area contributed by atoms with Gasteiger partial charge < -0.3 is 14.2 Å². The molecule has 2 aromatic rings. The molecule has 8 nitrogen and oxygen atoms in total. The smallest absolute Gasteiger partial charge is 0.243 e. The normalized spacial score (nSPS) is 19.9. The van der Waals surface area contributed by atoms with Crippen LogP contribution in [0, 0.1) is 6.92 Å². The third-order valence-corrected chi connectivity index (χ3v) is 4.93. The van der Waals surface area contributed by atoms with E-state index < -0.39 is 0 Å². The molecule has 2 aromatic heterocycles. The zero-order valence-corrected chi connectivity index (χ0v) is 15.0. The maximum atomic E-state index is 5.48. The van der Waals surface area contributed by atoms with Crippen LogP contribution in [0.5, 0.6) is 5.88 Å². The minimum Gasteiger partial charge on any atom is -0.481 e. The van der Waals surface area contributed by atoms with E-state index in [0.29, 0.717) is 11.8 Å². The lowest BCUT2D eigenvalue weighted by atomic mass is 10.2. The van der Waals surface area contributed by atoms with Crippen LogP contribution in [0.1, 0.15) is 49.1 Å². The second kappa shape index (κ2) is 6.59. The van der Waals surface area contributed by atoms with E-state index in [4.69, 9.17) is 9.26 Å². The van der Waals surface area contributed by atoms with E-state index in [1.807, 2.05) is 13.0 Å². The quantitative estimate of drug-likeness (QED) is 0.814. The van der Waals surface area contributed by atoms with Gasteiger partial charge in [0.1, 0.15) is 0 Å². The van der Waals surface area contributed by atoms with Crippen molar-refractivity contribution in [2.45, 2.75) is 38.6 Å². The molecule has 3 heterocycles. The fourth-order valence-corrected chi connectivity index (χ4v) is 3.16.